The molecule has 104 valence electrons. The lowest BCUT2D eigenvalue weighted by molar-refractivity contribution is 0.0692. The number of hydrogen-bond acceptors (Lipinski definition) is 1. The zero-order chi connectivity index (χ0) is 15.0. The maximum Gasteiger partial charge on any atom is 0.338 e. The quantitative estimate of drug-likeness (QED) is 0.546. The van der Waals surface area contributed by atoms with Gasteiger partial charge in [0, 0.05) is 5.56 Å². The van der Waals surface area contributed by atoms with Crippen molar-refractivity contribution in [3.8, 4) is 11.1 Å². The fourth-order valence-electron chi connectivity index (χ4n) is 1.67. The average molecular weight is 354 g/mol. The smallest absolute Gasteiger partial charge is 0.338 e. The molecule has 2 nitrogen and oxygen atoms in total. The molecule has 2 aromatic carbocycles. The van der Waals surface area contributed by atoms with Crippen LogP contribution in [-0.2, 0) is 0 Å². The lowest BCUT2D eigenvalue weighted by atomic mass is 10.0. The van der Waals surface area contributed by atoms with E-state index < -0.39 is 17.3 Å². The highest BCUT2D eigenvalue weighted by Crippen LogP contribution is 2.43. The zero-order valence-electron chi connectivity index (χ0n) is 9.55. The Labute approximate surface area is 133 Å². The minimum atomic E-state index is -1.36. The van der Waals surface area contributed by atoms with E-state index in [1.54, 1.807) is 0 Å². The molecule has 0 atom stereocenters. The Morgan fingerprint density at radius 2 is 1.65 bits per heavy atom. The van der Waals surface area contributed by atoms with E-state index in [9.17, 15) is 9.18 Å². The van der Waals surface area contributed by atoms with E-state index in [1.165, 1.54) is 12.1 Å². The summed E-state index contributed by atoms with van der Waals surface area (Å²) < 4.78 is 13.7. The second kappa shape index (κ2) is 5.78. The van der Waals surface area contributed by atoms with Crippen molar-refractivity contribution >= 4 is 52.4 Å². The molecule has 0 unspecified atom stereocenters. The van der Waals surface area contributed by atoms with Crippen molar-refractivity contribution in [2.75, 3.05) is 0 Å². The molecule has 0 bridgehead atoms. The molecule has 0 aliphatic carbocycles. The number of rotatable bonds is 2. The molecule has 2 aromatic rings. The third-order valence-corrected chi connectivity index (χ3v) is 4.16. The van der Waals surface area contributed by atoms with Gasteiger partial charge in [0.05, 0.1) is 25.7 Å². The first kappa shape index (κ1) is 15.4. The van der Waals surface area contributed by atoms with Gasteiger partial charge < -0.3 is 5.11 Å². The monoisotopic (exact) mass is 352 g/mol. The Morgan fingerprint density at radius 1 is 1.00 bits per heavy atom. The van der Waals surface area contributed by atoms with E-state index >= 15 is 0 Å². The summed E-state index contributed by atoms with van der Waals surface area (Å²) in [6, 6.07) is 4.93. The van der Waals surface area contributed by atoms with Crippen LogP contribution in [0.1, 0.15) is 10.4 Å². The van der Waals surface area contributed by atoms with Crippen molar-refractivity contribution < 1.29 is 14.3 Å². The van der Waals surface area contributed by atoms with Crippen molar-refractivity contribution in [1.29, 1.82) is 0 Å². The topological polar surface area (TPSA) is 37.3 Å². The van der Waals surface area contributed by atoms with Gasteiger partial charge in [-0.2, -0.15) is 0 Å². The van der Waals surface area contributed by atoms with Crippen LogP contribution in [0.15, 0.2) is 24.3 Å². The van der Waals surface area contributed by atoms with Crippen LogP contribution < -0.4 is 0 Å². The minimum absolute atomic E-state index is 0.0756. The first-order valence-corrected chi connectivity index (χ1v) is 6.70. The van der Waals surface area contributed by atoms with Crippen molar-refractivity contribution in [3.63, 3.8) is 0 Å². The number of halogens is 5. The predicted octanol–water partition coefficient (Wildman–Crippen LogP) is 5.80. The molecule has 0 aliphatic rings. The SMILES string of the molecule is O=C(O)c1ccc(-c2c(Cl)cc(Cl)c(Cl)c2Cl)cc1F. The van der Waals surface area contributed by atoms with Crippen LogP contribution in [-0.4, -0.2) is 11.1 Å². The summed E-state index contributed by atoms with van der Waals surface area (Å²) in [5, 5.41) is 9.32. The Bertz CT molecular complexity index is 716. The van der Waals surface area contributed by atoms with E-state index in [4.69, 9.17) is 51.5 Å². The summed E-state index contributed by atoms with van der Waals surface area (Å²) in [4.78, 5) is 10.8. The van der Waals surface area contributed by atoms with Crippen LogP contribution in [0.4, 0.5) is 4.39 Å². The molecular formula is C13H5Cl4FO2. The van der Waals surface area contributed by atoms with Gasteiger partial charge in [-0.25, -0.2) is 9.18 Å². The maximum atomic E-state index is 13.7. The van der Waals surface area contributed by atoms with Crippen molar-refractivity contribution in [1.82, 2.24) is 0 Å². The lowest BCUT2D eigenvalue weighted by Gasteiger charge is -2.11. The second-order valence-electron chi connectivity index (χ2n) is 3.84. The molecule has 0 amide bonds. The zero-order valence-corrected chi connectivity index (χ0v) is 12.6. The molecule has 0 aliphatic heterocycles. The molecule has 0 saturated heterocycles. The fraction of sp³-hybridized carbons (Fsp3) is 0. The van der Waals surface area contributed by atoms with Crippen LogP contribution >= 0.6 is 46.4 Å². The van der Waals surface area contributed by atoms with Gasteiger partial charge in [-0.1, -0.05) is 52.5 Å². The summed E-state index contributed by atoms with van der Waals surface area (Å²) in [5.74, 6) is -2.26. The molecule has 0 fully saturated rings. The van der Waals surface area contributed by atoms with Gasteiger partial charge in [0.1, 0.15) is 5.82 Å². The van der Waals surface area contributed by atoms with Gasteiger partial charge in [0.15, 0.2) is 0 Å². The van der Waals surface area contributed by atoms with E-state index in [1.807, 2.05) is 0 Å². The highest BCUT2D eigenvalue weighted by molar-refractivity contribution is 6.51. The van der Waals surface area contributed by atoms with Crippen molar-refractivity contribution in [3.05, 3.63) is 55.7 Å². The highest BCUT2D eigenvalue weighted by Gasteiger charge is 2.18. The van der Waals surface area contributed by atoms with E-state index in [0.717, 1.165) is 12.1 Å². The average Bonchev–Trinajstić information content (AvgIpc) is 2.36. The first-order chi connectivity index (χ1) is 9.32. The molecule has 0 aromatic heterocycles. The van der Waals surface area contributed by atoms with E-state index in [0.29, 0.717) is 11.1 Å². The summed E-state index contributed by atoms with van der Waals surface area (Å²) in [7, 11) is 0. The number of hydrogen-bond donors (Lipinski definition) is 1. The van der Waals surface area contributed by atoms with Gasteiger partial charge in [-0.15, -0.1) is 0 Å². The molecule has 7 heteroatoms. The Morgan fingerprint density at radius 3 is 2.20 bits per heavy atom. The third-order valence-electron chi connectivity index (χ3n) is 2.60. The summed E-state index contributed by atoms with van der Waals surface area (Å²) >= 11 is 23.8. The molecule has 20 heavy (non-hydrogen) atoms. The molecule has 0 saturated carbocycles. The highest BCUT2D eigenvalue weighted by atomic mass is 35.5. The van der Waals surface area contributed by atoms with Crippen molar-refractivity contribution in [2.45, 2.75) is 0 Å². The number of carboxylic acid groups (broad SMARTS) is 1. The van der Waals surface area contributed by atoms with Crippen LogP contribution in [0.3, 0.4) is 0 Å². The normalized spacial score (nSPS) is 10.7. The van der Waals surface area contributed by atoms with Crippen molar-refractivity contribution in [2.24, 2.45) is 0 Å². The molecule has 1 N–H and O–H groups in total. The molecule has 0 heterocycles. The van der Waals surface area contributed by atoms with Crippen LogP contribution in [0, 0.1) is 5.82 Å². The number of aromatic carboxylic acids is 1. The van der Waals surface area contributed by atoms with Gasteiger partial charge in [-0.05, 0) is 23.8 Å². The molecular weight excluding hydrogens is 349 g/mol. The van der Waals surface area contributed by atoms with Crippen LogP contribution in [0.5, 0.6) is 0 Å². The Balaban J connectivity index is 2.67. The number of carboxylic acids is 1. The number of benzene rings is 2. The lowest BCUT2D eigenvalue weighted by Crippen LogP contribution is -2.00. The Hall–Kier alpha value is -1.000. The first-order valence-electron chi connectivity index (χ1n) is 5.19. The molecule has 0 spiro atoms. The minimum Gasteiger partial charge on any atom is -0.478 e. The summed E-state index contributed by atoms with van der Waals surface area (Å²) in [5.41, 5.74) is 0.153. The standard InChI is InChI=1S/C13H5Cl4FO2/c14-7-4-8(15)11(16)12(17)10(7)5-1-2-6(13(19)20)9(18)3-5/h1-4H,(H,19,20). The fourth-order valence-corrected chi connectivity index (χ4v) is 2.81. The largest absolute Gasteiger partial charge is 0.478 e. The van der Waals surface area contributed by atoms with Crippen LogP contribution in [0.25, 0.3) is 11.1 Å². The van der Waals surface area contributed by atoms with E-state index in [2.05, 4.69) is 0 Å². The van der Waals surface area contributed by atoms with Gasteiger partial charge in [0.25, 0.3) is 0 Å². The van der Waals surface area contributed by atoms with Gasteiger partial charge in [0.2, 0.25) is 0 Å². The van der Waals surface area contributed by atoms with Gasteiger partial charge >= 0.3 is 5.97 Å². The third kappa shape index (κ3) is 2.72. The van der Waals surface area contributed by atoms with Crippen LogP contribution in [0.2, 0.25) is 20.1 Å². The predicted molar refractivity (Wildman–Crippen MR) is 78.8 cm³/mol. The van der Waals surface area contributed by atoms with E-state index in [-0.39, 0.29) is 20.1 Å². The number of carbonyl (C=O) groups is 1. The maximum absolute atomic E-state index is 13.7. The molecule has 2 rings (SSSR count). The van der Waals surface area contributed by atoms with Gasteiger partial charge in [-0.3, -0.25) is 0 Å². The Kier molecular flexibility index (Phi) is 4.45. The molecule has 0 radical (unpaired) electrons. The summed E-state index contributed by atoms with van der Waals surface area (Å²) in [6.07, 6.45) is 0. The second-order valence-corrected chi connectivity index (χ2v) is 5.41. The summed E-state index contributed by atoms with van der Waals surface area (Å²) in [6.45, 7) is 0.